The minimum atomic E-state index is -0.358. The number of amides is 2. The quantitative estimate of drug-likeness (QED) is 0.402. The van der Waals surface area contributed by atoms with E-state index in [0.29, 0.717) is 23.5 Å². The molecule has 0 atom stereocenters. The highest BCUT2D eigenvalue weighted by Crippen LogP contribution is 2.11. The monoisotopic (exact) mass is 354 g/mol. The largest absolute Gasteiger partial charge is 0.497 e. The first-order valence-corrected chi connectivity index (χ1v) is 8.06. The number of anilines is 1. The Morgan fingerprint density at radius 2 is 1.73 bits per heavy atom. The van der Waals surface area contributed by atoms with E-state index in [1.54, 1.807) is 38.3 Å². The molecule has 0 saturated heterocycles. The summed E-state index contributed by atoms with van der Waals surface area (Å²) in [5.41, 5.74) is 10.5. The van der Waals surface area contributed by atoms with Gasteiger partial charge >= 0.3 is 0 Å². The summed E-state index contributed by atoms with van der Waals surface area (Å²) in [6.45, 7) is 2.09. The summed E-state index contributed by atoms with van der Waals surface area (Å²) in [4.78, 5) is 23.9. The van der Waals surface area contributed by atoms with E-state index in [9.17, 15) is 9.59 Å². The van der Waals surface area contributed by atoms with Crippen molar-refractivity contribution in [3.05, 3.63) is 59.7 Å². The van der Waals surface area contributed by atoms with E-state index in [0.717, 1.165) is 11.3 Å². The summed E-state index contributed by atoms with van der Waals surface area (Å²) >= 11 is 0. The van der Waals surface area contributed by atoms with Crippen LogP contribution in [0.4, 0.5) is 5.69 Å². The Labute approximate surface area is 152 Å². The van der Waals surface area contributed by atoms with Crippen molar-refractivity contribution in [2.24, 2.45) is 5.10 Å². The third-order valence-corrected chi connectivity index (χ3v) is 3.59. The molecule has 2 aromatic carbocycles. The summed E-state index contributed by atoms with van der Waals surface area (Å²) in [5.74, 6) is 0.228. The molecule has 0 aromatic heterocycles. The molecular weight excluding hydrogens is 332 g/mol. The lowest BCUT2D eigenvalue weighted by atomic mass is 10.2. The van der Waals surface area contributed by atoms with Crippen LogP contribution in [-0.4, -0.2) is 24.6 Å². The number of hydrazone groups is 1. The number of nitrogens with one attached hydrogen (secondary N) is 2. The van der Waals surface area contributed by atoms with Crippen molar-refractivity contribution in [1.29, 1.82) is 0 Å². The molecule has 0 radical (unpaired) electrons. The first-order chi connectivity index (χ1) is 12.5. The van der Waals surface area contributed by atoms with Crippen LogP contribution in [0.2, 0.25) is 0 Å². The number of benzene rings is 2. The van der Waals surface area contributed by atoms with Crippen molar-refractivity contribution in [3.63, 3.8) is 0 Å². The lowest BCUT2D eigenvalue weighted by Crippen LogP contribution is -2.26. The first-order valence-electron chi connectivity index (χ1n) is 8.06. The number of rotatable bonds is 7. The van der Waals surface area contributed by atoms with E-state index in [2.05, 4.69) is 15.8 Å². The number of nitrogens with two attached hydrogens (primary N) is 1. The van der Waals surface area contributed by atoms with Crippen molar-refractivity contribution in [2.75, 3.05) is 12.8 Å². The SMILES string of the molecule is COc1ccc(CNC(=O)C/C(C)=N/NC(=O)c2ccc(N)cc2)cc1. The molecule has 7 heteroatoms. The van der Waals surface area contributed by atoms with E-state index in [1.807, 2.05) is 24.3 Å². The van der Waals surface area contributed by atoms with E-state index in [4.69, 9.17) is 10.5 Å². The third-order valence-electron chi connectivity index (χ3n) is 3.59. The highest BCUT2D eigenvalue weighted by molar-refractivity contribution is 6.01. The van der Waals surface area contributed by atoms with Gasteiger partial charge in [0.2, 0.25) is 5.91 Å². The molecule has 0 spiro atoms. The van der Waals surface area contributed by atoms with Crippen LogP contribution < -0.4 is 21.2 Å². The van der Waals surface area contributed by atoms with Gasteiger partial charge in [-0.25, -0.2) is 5.43 Å². The fourth-order valence-corrected chi connectivity index (χ4v) is 2.12. The van der Waals surface area contributed by atoms with Crippen LogP contribution in [-0.2, 0) is 11.3 Å². The van der Waals surface area contributed by atoms with Crippen LogP contribution in [0.1, 0.15) is 29.3 Å². The minimum Gasteiger partial charge on any atom is -0.497 e. The summed E-state index contributed by atoms with van der Waals surface area (Å²) in [7, 11) is 1.60. The number of carbonyl (C=O) groups is 2. The highest BCUT2D eigenvalue weighted by Gasteiger charge is 2.07. The van der Waals surface area contributed by atoms with Gasteiger partial charge in [0.05, 0.1) is 13.5 Å². The predicted molar refractivity (Wildman–Crippen MR) is 101 cm³/mol. The van der Waals surface area contributed by atoms with Crippen LogP contribution >= 0.6 is 0 Å². The maximum absolute atomic E-state index is 12.0. The molecule has 0 aliphatic heterocycles. The average molecular weight is 354 g/mol. The molecule has 0 aliphatic carbocycles. The van der Waals surface area contributed by atoms with E-state index in [1.165, 1.54) is 0 Å². The molecule has 0 aliphatic rings. The number of ether oxygens (including phenoxy) is 1. The van der Waals surface area contributed by atoms with Gasteiger partial charge in [0, 0.05) is 23.5 Å². The van der Waals surface area contributed by atoms with Crippen LogP contribution in [0.25, 0.3) is 0 Å². The van der Waals surface area contributed by atoms with Crippen LogP contribution in [0, 0.1) is 0 Å². The molecule has 0 fully saturated rings. The van der Waals surface area contributed by atoms with E-state index >= 15 is 0 Å². The lowest BCUT2D eigenvalue weighted by molar-refractivity contribution is -0.120. The summed E-state index contributed by atoms with van der Waals surface area (Å²) in [6.07, 6.45) is 0.0954. The highest BCUT2D eigenvalue weighted by atomic mass is 16.5. The van der Waals surface area contributed by atoms with Gasteiger partial charge in [-0.05, 0) is 48.9 Å². The van der Waals surface area contributed by atoms with E-state index < -0.39 is 0 Å². The second-order valence-corrected chi connectivity index (χ2v) is 5.71. The zero-order valence-corrected chi connectivity index (χ0v) is 14.8. The standard InChI is InChI=1S/C19H22N4O3/c1-13(22-23-19(25)15-5-7-16(20)8-6-15)11-18(24)21-12-14-3-9-17(26-2)10-4-14/h3-10H,11-12,20H2,1-2H3,(H,21,24)(H,23,25)/b22-13+. The summed E-state index contributed by atoms with van der Waals surface area (Å²) < 4.78 is 5.09. The van der Waals surface area contributed by atoms with Gasteiger partial charge in [-0.3, -0.25) is 9.59 Å². The maximum atomic E-state index is 12.0. The second-order valence-electron chi connectivity index (χ2n) is 5.71. The molecule has 7 nitrogen and oxygen atoms in total. The Hall–Kier alpha value is -3.35. The summed E-state index contributed by atoms with van der Waals surface area (Å²) in [6, 6.07) is 13.9. The van der Waals surface area contributed by atoms with Crippen molar-refractivity contribution >= 4 is 23.2 Å². The average Bonchev–Trinajstić information content (AvgIpc) is 2.65. The molecule has 2 amide bonds. The smallest absolute Gasteiger partial charge is 0.271 e. The topological polar surface area (TPSA) is 106 Å². The van der Waals surface area contributed by atoms with Crippen LogP contribution in [0.3, 0.4) is 0 Å². The molecule has 2 rings (SSSR count). The number of hydrogen-bond acceptors (Lipinski definition) is 5. The number of hydrogen-bond donors (Lipinski definition) is 3. The summed E-state index contributed by atoms with van der Waals surface area (Å²) in [5, 5.41) is 6.75. The Morgan fingerprint density at radius 1 is 1.08 bits per heavy atom. The van der Waals surface area contributed by atoms with Gasteiger partial charge in [0.1, 0.15) is 5.75 Å². The zero-order chi connectivity index (χ0) is 18.9. The number of carbonyl (C=O) groups excluding carboxylic acids is 2. The molecule has 2 aromatic rings. The molecule has 136 valence electrons. The minimum absolute atomic E-state index is 0.0954. The van der Waals surface area contributed by atoms with Crippen molar-refractivity contribution in [1.82, 2.24) is 10.7 Å². The molecule has 0 saturated carbocycles. The lowest BCUT2D eigenvalue weighted by Gasteiger charge is -2.07. The van der Waals surface area contributed by atoms with Gasteiger partial charge in [-0.2, -0.15) is 5.10 Å². The normalized spacial score (nSPS) is 10.9. The number of nitrogen functional groups attached to an aromatic ring is 1. The van der Waals surface area contributed by atoms with Gasteiger partial charge in [-0.15, -0.1) is 0 Å². The molecule has 26 heavy (non-hydrogen) atoms. The molecular formula is C19H22N4O3. The third kappa shape index (κ3) is 5.94. The Bertz CT molecular complexity index is 783. The van der Waals surface area contributed by atoms with Gasteiger partial charge in [0.15, 0.2) is 0 Å². The Balaban J connectivity index is 1.78. The predicted octanol–water partition coefficient (Wildman–Crippen LogP) is 2.09. The first kappa shape index (κ1) is 19.0. The van der Waals surface area contributed by atoms with Gasteiger partial charge in [0.25, 0.3) is 5.91 Å². The van der Waals surface area contributed by atoms with Crippen molar-refractivity contribution in [2.45, 2.75) is 19.9 Å². The Kier molecular flexibility index (Phi) is 6.73. The number of nitrogens with zero attached hydrogens (tertiary/aromatic N) is 1. The maximum Gasteiger partial charge on any atom is 0.271 e. The zero-order valence-electron chi connectivity index (χ0n) is 14.8. The van der Waals surface area contributed by atoms with Crippen molar-refractivity contribution < 1.29 is 14.3 Å². The molecule has 0 heterocycles. The number of methoxy groups -OCH3 is 1. The Morgan fingerprint density at radius 3 is 2.35 bits per heavy atom. The molecule has 4 N–H and O–H groups in total. The van der Waals surface area contributed by atoms with Gasteiger partial charge < -0.3 is 15.8 Å². The molecule has 0 unspecified atom stereocenters. The van der Waals surface area contributed by atoms with Crippen molar-refractivity contribution in [3.8, 4) is 5.75 Å². The van der Waals surface area contributed by atoms with E-state index in [-0.39, 0.29) is 18.2 Å². The van der Waals surface area contributed by atoms with Gasteiger partial charge in [-0.1, -0.05) is 12.1 Å². The van der Waals surface area contributed by atoms with Crippen LogP contribution in [0.15, 0.2) is 53.6 Å². The second kappa shape index (κ2) is 9.22. The fourth-order valence-electron chi connectivity index (χ4n) is 2.12. The van der Waals surface area contributed by atoms with Crippen LogP contribution in [0.5, 0.6) is 5.75 Å². The molecule has 0 bridgehead atoms. The fraction of sp³-hybridized carbons (Fsp3) is 0.211.